The minimum atomic E-state index is -0.774. The average molecular weight is 229 g/mol. The molecular formula is C13H27NO2. The standard InChI is InChI=1S/C13H27NO2/c1-5-7-8-9-10-11(3)14-13(4,6-2)12(15)16/h11,14H,5-10H2,1-4H3,(H,15,16). The van der Waals surface area contributed by atoms with E-state index in [-0.39, 0.29) is 6.04 Å². The number of nitrogens with one attached hydrogen (secondary N) is 1. The van der Waals surface area contributed by atoms with E-state index in [1.807, 2.05) is 6.92 Å². The monoisotopic (exact) mass is 229 g/mol. The molecule has 0 spiro atoms. The Morgan fingerprint density at radius 2 is 1.94 bits per heavy atom. The first-order valence-corrected chi connectivity index (χ1v) is 6.47. The summed E-state index contributed by atoms with van der Waals surface area (Å²) in [4.78, 5) is 11.1. The Bertz CT molecular complexity index is 206. The van der Waals surface area contributed by atoms with Gasteiger partial charge in [-0.3, -0.25) is 10.1 Å². The fourth-order valence-corrected chi connectivity index (χ4v) is 1.81. The second-order valence-electron chi connectivity index (χ2n) is 4.89. The fourth-order valence-electron chi connectivity index (χ4n) is 1.81. The lowest BCUT2D eigenvalue weighted by Gasteiger charge is -2.29. The third kappa shape index (κ3) is 5.50. The molecule has 3 nitrogen and oxygen atoms in total. The molecule has 0 radical (unpaired) electrons. The molecule has 0 rings (SSSR count). The lowest BCUT2D eigenvalue weighted by Crippen LogP contribution is -2.52. The molecule has 2 unspecified atom stereocenters. The van der Waals surface area contributed by atoms with Crippen LogP contribution in [0.2, 0.25) is 0 Å². The van der Waals surface area contributed by atoms with E-state index in [0.29, 0.717) is 6.42 Å². The normalized spacial score (nSPS) is 16.8. The molecule has 16 heavy (non-hydrogen) atoms. The number of aliphatic carboxylic acids is 1. The van der Waals surface area contributed by atoms with Gasteiger partial charge in [-0.1, -0.05) is 39.5 Å². The van der Waals surface area contributed by atoms with E-state index in [1.54, 1.807) is 6.92 Å². The van der Waals surface area contributed by atoms with Crippen LogP contribution >= 0.6 is 0 Å². The quantitative estimate of drug-likeness (QED) is 0.597. The van der Waals surface area contributed by atoms with Gasteiger partial charge in [0.25, 0.3) is 0 Å². The van der Waals surface area contributed by atoms with Crippen molar-refractivity contribution in [2.24, 2.45) is 0 Å². The third-order valence-electron chi connectivity index (χ3n) is 3.23. The van der Waals surface area contributed by atoms with Crippen molar-refractivity contribution in [3.05, 3.63) is 0 Å². The predicted octanol–water partition coefficient (Wildman–Crippen LogP) is 3.19. The average Bonchev–Trinajstić information content (AvgIpc) is 2.24. The molecule has 2 N–H and O–H groups in total. The molecule has 0 aromatic carbocycles. The summed E-state index contributed by atoms with van der Waals surface area (Å²) >= 11 is 0. The minimum absolute atomic E-state index is 0.276. The van der Waals surface area contributed by atoms with Crippen LogP contribution in [0.5, 0.6) is 0 Å². The van der Waals surface area contributed by atoms with Crippen molar-refractivity contribution in [3.63, 3.8) is 0 Å². The number of carboxylic acids is 1. The summed E-state index contributed by atoms with van der Waals surface area (Å²) in [5.41, 5.74) is -0.774. The minimum Gasteiger partial charge on any atom is -0.480 e. The highest BCUT2D eigenvalue weighted by Crippen LogP contribution is 2.13. The Morgan fingerprint density at radius 3 is 2.38 bits per heavy atom. The van der Waals surface area contributed by atoms with Gasteiger partial charge in [0.2, 0.25) is 0 Å². The Kier molecular flexibility index (Phi) is 7.39. The van der Waals surface area contributed by atoms with Crippen LogP contribution in [0.25, 0.3) is 0 Å². The highest BCUT2D eigenvalue weighted by molar-refractivity contribution is 5.78. The molecule has 0 amide bonds. The second-order valence-corrected chi connectivity index (χ2v) is 4.89. The molecule has 96 valence electrons. The van der Waals surface area contributed by atoms with Crippen LogP contribution in [0.15, 0.2) is 0 Å². The number of hydrogen-bond acceptors (Lipinski definition) is 2. The van der Waals surface area contributed by atoms with Crippen molar-refractivity contribution in [3.8, 4) is 0 Å². The maximum absolute atomic E-state index is 11.1. The molecule has 3 heteroatoms. The number of hydrogen-bond donors (Lipinski definition) is 2. The van der Waals surface area contributed by atoms with Gasteiger partial charge in [0, 0.05) is 6.04 Å². The molecular weight excluding hydrogens is 202 g/mol. The SMILES string of the molecule is CCCCCCC(C)NC(C)(CC)C(=O)O. The van der Waals surface area contributed by atoms with Crippen molar-refractivity contribution < 1.29 is 9.90 Å². The van der Waals surface area contributed by atoms with E-state index in [9.17, 15) is 4.79 Å². The van der Waals surface area contributed by atoms with Gasteiger partial charge in [0.1, 0.15) is 5.54 Å². The third-order valence-corrected chi connectivity index (χ3v) is 3.23. The van der Waals surface area contributed by atoms with Gasteiger partial charge in [0.05, 0.1) is 0 Å². The van der Waals surface area contributed by atoms with E-state index in [2.05, 4.69) is 19.2 Å². The molecule has 0 aromatic heterocycles. The zero-order chi connectivity index (χ0) is 12.6. The summed E-state index contributed by atoms with van der Waals surface area (Å²) < 4.78 is 0. The lowest BCUT2D eigenvalue weighted by molar-refractivity contribution is -0.144. The molecule has 0 heterocycles. The zero-order valence-electron chi connectivity index (χ0n) is 11.2. The molecule has 0 bridgehead atoms. The number of carboxylic acid groups (broad SMARTS) is 1. The van der Waals surface area contributed by atoms with Crippen molar-refractivity contribution in [1.82, 2.24) is 5.32 Å². The second kappa shape index (κ2) is 7.66. The molecule has 0 saturated heterocycles. The predicted molar refractivity (Wildman–Crippen MR) is 67.7 cm³/mol. The van der Waals surface area contributed by atoms with Crippen LogP contribution in [0.3, 0.4) is 0 Å². The van der Waals surface area contributed by atoms with Gasteiger partial charge in [-0.25, -0.2) is 0 Å². The van der Waals surface area contributed by atoms with Crippen LogP contribution in [0.4, 0.5) is 0 Å². The summed E-state index contributed by atoms with van der Waals surface area (Å²) in [7, 11) is 0. The summed E-state index contributed by atoms with van der Waals surface area (Å²) in [5.74, 6) is -0.754. The van der Waals surface area contributed by atoms with Crippen LogP contribution in [-0.4, -0.2) is 22.7 Å². The summed E-state index contributed by atoms with van der Waals surface area (Å²) in [5, 5.41) is 12.3. The maximum atomic E-state index is 11.1. The smallest absolute Gasteiger partial charge is 0.323 e. The van der Waals surface area contributed by atoms with Crippen molar-refractivity contribution in [1.29, 1.82) is 0 Å². The Hall–Kier alpha value is -0.570. The van der Waals surface area contributed by atoms with E-state index in [1.165, 1.54) is 25.7 Å². The van der Waals surface area contributed by atoms with Crippen molar-refractivity contribution in [2.45, 2.75) is 77.8 Å². The topological polar surface area (TPSA) is 49.3 Å². The van der Waals surface area contributed by atoms with Gasteiger partial charge in [-0.05, 0) is 26.7 Å². The van der Waals surface area contributed by atoms with E-state index < -0.39 is 11.5 Å². The van der Waals surface area contributed by atoms with Gasteiger partial charge >= 0.3 is 5.97 Å². The first-order valence-electron chi connectivity index (χ1n) is 6.47. The van der Waals surface area contributed by atoms with Gasteiger partial charge in [-0.15, -0.1) is 0 Å². The molecule has 2 atom stereocenters. The number of rotatable bonds is 9. The molecule has 0 fully saturated rings. The van der Waals surface area contributed by atoms with Crippen LogP contribution < -0.4 is 5.32 Å². The summed E-state index contributed by atoms with van der Waals surface area (Å²) in [6, 6.07) is 0.276. The Morgan fingerprint density at radius 1 is 1.31 bits per heavy atom. The Balaban J connectivity index is 3.92. The van der Waals surface area contributed by atoms with E-state index in [4.69, 9.17) is 5.11 Å². The summed E-state index contributed by atoms with van der Waals surface area (Å²) in [6.45, 7) is 7.94. The largest absolute Gasteiger partial charge is 0.480 e. The van der Waals surface area contributed by atoms with E-state index in [0.717, 1.165) is 6.42 Å². The first-order chi connectivity index (χ1) is 7.46. The van der Waals surface area contributed by atoms with Gasteiger partial charge < -0.3 is 5.11 Å². The van der Waals surface area contributed by atoms with E-state index >= 15 is 0 Å². The molecule has 0 saturated carbocycles. The van der Waals surface area contributed by atoms with Crippen LogP contribution in [0.1, 0.15) is 66.2 Å². The first kappa shape index (κ1) is 15.4. The number of carbonyl (C=O) groups is 1. The van der Waals surface area contributed by atoms with Crippen molar-refractivity contribution in [2.75, 3.05) is 0 Å². The summed E-state index contributed by atoms with van der Waals surface area (Å²) in [6.07, 6.45) is 6.62. The zero-order valence-corrected chi connectivity index (χ0v) is 11.2. The Labute approximate surface area is 99.6 Å². The molecule has 0 aliphatic heterocycles. The fraction of sp³-hybridized carbons (Fsp3) is 0.923. The highest BCUT2D eigenvalue weighted by Gasteiger charge is 2.31. The molecule has 0 aliphatic rings. The van der Waals surface area contributed by atoms with Crippen molar-refractivity contribution >= 4 is 5.97 Å². The number of unbranched alkanes of at least 4 members (excludes halogenated alkanes) is 3. The van der Waals surface area contributed by atoms with Gasteiger partial charge in [-0.2, -0.15) is 0 Å². The highest BCUT2D eigenvalue weighted by atomic mass is 16.4. The van der Waals surface area contributed by atoms with Crippen LogP contribution in [-0.2, 0) is 4.79 Å². The maximum Gasteiger partial charge on any atom is 0.323 e. The van der Waals surface area contributed by atoms with Crippen LogP contribution in [0, 0.1) is 0 Å². The molecule has 0 aliphatic carbocycles. The lowest BCUT2D eigenvalue weighted by atomic mass is 9.96. The van der Waals surface area contributed by atoms with Gasteiger partial charge in [0.15, 0.2) is 0 Å². The molecule has 0 aromatic rings.